The van der Waals surface area contributed by atoms with Gasteiger partial charge in [-0.05, 0) is 11.1 Å². The number of aliphatic hydroxyl groups excluding tert-OH is 1. The van der Waals surface area contributed by atoms with E-state index in [1.165, 1.54) is 0 Å². The Labute approximate surface area is 109 Å². The summed E-state index contributed by atoms with van der Waals surface area (Å²) in [5.74, 6) is 0.0444. The third kappa shape index (κ3) is 2.62. The highest BCUT2D eigenvalue weighted by Gasteiger charge is 2.19. The van der Waals surface area contributed by atoms with E-state index in [0.29, 0.717) is 0 Å². The Bertz CT molecular complexity index is 386. The maximum atomic E-state index is 9.91. The number of halogens is 1. The summed E-state index contributed by atoms with van der Waals surface area (Å²) >= 11 is 2.07. The molecule has 0 aliphatic carbocycles. The first kappa shape index (κ1) is 11.6. The van der Waals surface area contributed by atoms with Gasteiger partial charge in [0.15, 0.2) is 0 Å². The van der Waals surface area contributed by atoms with Crippen LogP contribution in [0.2, 0.25) is 0 Å². The van der Waals surface area contributed by atoms with Crippen LogP contribution >= 0.6 is 22.6 Å². The molecule has 0 aliphatic rings. The van der Waals surface area contributed by atoms with Crippen molar-refractivity contribution in [3.8, 4) is 0 Å². The maximum Gasteiger partial charge on any atom is 0.116 e. The third-order valence-corrected chi connectivity index (χ3v) is 3.31. The minimum Gasteiger partial charge on any atom is -0.382 e. The molecule has 82 valence electrons. The zero-order chi connectivity index (χ0) is 11.4. The zero-order valence-corrected chi connectivity index (χ0v) is 10.9. The molecule has 16 heavy (non-hydrogen) atoms. The molecule has 2 aromatic carbocycles. The summed E-state index contributed by atoms with van der Waals surface area (Å²) in [6.45, 7) is 0. The molecule has 0 heterocycles. The van der Waals surface area contributed by atoms with Gasteiger partial charge in [-0.3, -0.25) is 0 Å². The predicted octanol–water partition coefficient (Wildman–Crippen LogP) is 3.57. The van der Waals surface area contributed by atoms with Crippen molar-refractivity contribution >= 4 is 22.6 Å². The molecule has 0 aromatic heterocycles. The van der Waals surface area contributed by atoms with E-state index in [0.717, 1.165) is 11.1 Å². The van der Waals surface area contributed by atoms with Gasteiger partial charge in [-0.2, -0.15) is 0 Å². The highest BCUT2D eigenvalue weighted by molar-refractivity contribution is 14.1. The van der Waals surface area contributed by atoms with Gasteiger partial charge in [-0.1, -0.05) is 83.3 Å². The minimum atomic E-state index is -0.414. The highest BCUT2D eigenvalue weighted by Crippen LogP contribution is 2.30. The molecule has 1 N–H and O–H groups in total. The Morgan fingerprint density at radius 3 is 1.44 bits per heavy atom. The second kappa shape index (κ2) is 5.46. The van der Waals surface area contributed by atoms with E-state index in [2.05, 4.69) is 46.9 Å². The van der Waals surface area contributed by atoms with Crippen LogP contribution in [-0.4, -0.2) is 9.22 Å². The second-order valence-corrected chi connectivity index (χ2v) is 4.95. The number of hydrogen-bond donors (Lipinski definition) is 1. The first-order valence-electron chi connectivity index (χ1n) is 5.21. The molecule has 0 amide bonds. The van der Waals surface area contributed by atoms with Gasteiger partial charge in [0.25, 0.3) is 0 Å². The lowest BCUT2D eigenvalue weighted by atomic mass is 9.92. The molecule has 1 unspecified atom stereocenters. The smallest absolute Gasteiger partial charge is 0.116 e. The molecule has 0 saturated carbocycles. The number of benzene rings is 2. The molecular weight excluding hydrogens is 311 g/mol. The number of rotatable bonds is 3. The van der Waals surface area contributed by atoms with Gasteiger partial charge in [0.1, 0.15) is 4.11 Å². The van der Waals surface area contributed by atoms with E-state index in [4.69, 9.17) is 0 Å². The monoisotopic (exact) mass is 324 g/mol. The van der Waals surface area contributed by atoms with Gasteiger partial charge in [0.2, 0.25) is 0 Å². The summed E-state index contributed by atoms with van der Waals surface area (Å²) < 4.78 is -0.414. The van der Waals surface area contributed by atoms with Crippen LogP contribution in [0, 0.1) is 0 Å². The Hall–Kier alpha value is -0.870. The van der Waals surface area contributed by atoms with Crippen LogP contribution in [0.1, 0.15) is 17.0 Å². The fourth-order valence-corrected chi connectivity index (χ4v) is 2.66. The number of aliphatic hydroxyl groups is 1. The second-order valence-electron chi connectivity index (χ2n) is 3.67. The van der Waals surface area contributed by atoms with Gasteiger partial charge in [0, 0.05) is 5.92 Å². The van der Waals surface area contributed by atoms with E-state index in [1.807, 2.05) is 36.4 Å². The van der Waals surface area contributed by atoms with Crippen molar-refractivity contribution < 1.29 is 5.11 Å². The van der Waals surface area contributed by atoms with E-state index >= 15 is 0 Å². The Kier molecular flexibility index (Phi) is 3.96. The maximum absolute atomic E-state index is 9.91. The lowest BCUT2D eigenvalue weighted by Gasteiger charge is -2.19. The summed E-state index contributed by atoms with van der Waals surface area (Å²) in [7, 11) is 0. The van der Waals surface area contributed by atoms with Crippen molar-refractivity contribution in [1.82, 2.24) is 0 Å². The normalized spacial score (nSPS) is 12.7. The largest absolute Gasteiger partial charge is 0.382 e. The van der Waals surface area contributed by atoms with Gasteiger partial charge in [-0.15, -0.1) is 0 Å². The van der Waals surface area contributed by atoms with Crippen LogP contribution in [-0.2, 0) is 0 Å². The topological polar surface area (TPSA) is 20.2 Å². The van der Waals surface area contributed by atoms with Gasteiger partial charge >= 0.3 is 0 Å². The van der Waals surface area contributed by atoms with Crippen molar-refractivity contribution in [3.63, 3.8) is 0 Å². The first-order valence-corrected chi connectivity index (χ1v) is 6.45. The molecule has 1 nitrogen and oxygen atoms in total. The van der Waals surface area contributed by atoms with Crippen molar-refractivity contribution in [1.29, 1.82) is 0 Å². The van der Waals surface area contributed by atoms with E-state index in [-0.39, 0.29) is 5.92 Å². The van der Waals surface area contributed by atoms with Crippen molar-refractivity contribution in [3.05, 3.63) is 71.8 Å². The van der Waals surface area contributed by atoms with Crippen LogP contribution < -0.4 is 0 Å². The van der Waals surface area contributed by atoms with Crippen molar-refractivity contribution in [2.24, 2.45) is 0 Å². The van der Waals surface area contributed by atoms with Gasteiger partial charge < -0.3 is 5.11 Å². The summed E-state index contributed by atoms with van der Waals surface area (Å²) in [5.41, 5.74) is 2.30. The van der Waals surface area contributed by atoms with E-state index < -0.39 is 4.11 Å². The predicted molar refractivity (Wildman–Crippen MR) is 74.8 cm³/mol. The minimum absolute atomic E-state index is 0.0444. The quantitative estimate of drug-likeness (QED) is 0.676. The molecule has 0 bridgehead atoms. The average Bonchev–Trinajstić information content (AvgIpc) is 2.31. The molecule has 0 aliphatic heterocycles. The molecular formula is C14H13IO. The number of alkyl halides is 1. The molecule has 0 fully saturated rings. The summed E-state index contributed by atoms with van der Waals surface area (Å²) in [6, 6.07) is 20.2. The molecule has 0 spiro atoms. The standard InChI is InChI=1S/C14H13IO/c15-14(16)13(11-7-3-1-4-8-11)12-9-5-2-6-10-12/h1-10,13-14,16H. The Morgan fingerprint density at radius 1 is 0.750 bits per heavy atom. The number of hydrogen-bond acceptors (Lipinski definition) is 1. The summed E-state index contributed by atoms with van der Waals surface area (Å²) in [4.78, 5) is 0. The van der Waals surface area contributed by atoms with Crippen LogP contribution in [0.4, 0.5) is 0 Å². The van der Waals surface area contributed by atoms with Gasteiger partial charge in [-0.25, -0.2) is 0 Å². The SMILES string of the molecule is OC(I)C(c1ccccc1)c1ccccc1. The summed E-state index contributed by atoms with van der Waals surface area (Å²) in [5, 5.41) is 9.91. The lowest BCUT2D eigenvalue weighted by Crippen LogP contribution is -2.12. The lowest BCUT2D eigenvalue weighted by molar-refractivity contribution is 0.261. The Balaban J connectivity index is 2.40. The van der Waals surface area contributed by atoms with Crippen LogP contribution in [0.15, 0.2) is 60.7 Å². The van der Waals surface area contributed by atoms with Crippen LogP contribution in [0.25, 0.3) is 0 Å². The summed E-state index contributed by atoms with van der Waals surface area (Å²) in [6.07, 6.45) is 0. The third-order valence-electron chi connectivity index (χ3n) is 2.59. The van der Waals surface area contributed by atoms with Crippen molar-refractivity contribution in [2.75, 3.05) is 0 Å². The van der Waals surface area contributed by atoms with Gasteiger partial charge in [0.05, 0.1) is 0 Å². The molecule has 0 radical (unpaired) electrons. The molecule has 2 rings (SSSR count). The van der Waals surface area contributed by atoms with E-state index in [1.54, 1.807) is 0 Å². The fraction of sp³-hybridized carbons (Fsp3) is 0.143. The molecule has 1 atom stereocenters. The van der Waals surface area contributed by atoms with Crippen LogP contribution in [0.5, 0.6) is 0 Å². The molecule has 2 heteroatoms. The molecule has 2 aromatic rings. The molecule has 0 saturated heterocycles. The Morgan fingerprint density at radius 2 is 1.12 bits per heavy atom. The van der Waals surface area contributed by atoms with E-state index in [9.17, 15) is 5.11 Å². The first-order chi connectivity index (χ1) is 7.79. The zero-order valence-electron chi connectivity index (χ0n) is 8.75. The highest BCUT2D eigenvalue weighted by atomic mass is 127. The van der Waals surface area contributed by atoms with Crippen molar-refractivity contribution in [2.45, 2.75) is 10.0 Å². The average molecular weight is 324 g/mol. The van der Waals surface area contributed by atoms with Crippen LogP contribution in [0.3, 0.4) is 0 Å². The fourth-order valence-electron chi connectivity index (χ4n) is 1.83.